The summed E-state index contributed by atoms with van der Waals surface area (Å²) in [5.74, 6) is 0.0742. The van der Waals surface area contributed by atoms with Crippen molar-refractivity contribution in [2.75, 3.05) is 14.7 Å². The molecule has 0 bridgehead atoms. The van der Waals surface area contributed by atoms with Crippen molar-refractivity contribution in [3.63, 3.8) is 0 Å². The van der Waals surface area contributed by atoms with E-state index in [1.54, 1.807) is 0 Å². The second-order valence-corrected chi connectivity index (χ2v) is 12.5. The first-order valence-corrected chi connectivity index (χ1v) is 16.0. The topological polar surface area (TPSA) is 9.72 Å². The molecule has 3 nitrogen and oxygen atoms in total. The van der Waals surface area contributed by atoms with Crippen LogP contribution in [0.25, 0.3) is 0 Å². The average Bonchev–Trinajstić information content (AvgIpc) is 3.53. The standard InChI is InChI=1S/C42H34BN3/c1-4-15-29(16-5-1)44-36-23-12-10-21-32(36)33-27-35-41(28-40(33)44)46(31-19-8-3-9-20-31)39-26-14-25-38-42(39)43(35)34-22-11-13-24-37(34)45(38)30-17-6-2-7-18-30/h1-9,11,13-20,22,24-28,32,36H,10,12,21,23H2/i1D,2D,4D,5D,6D,7D,15D,16D,17D,18D. The van der Waals surface area contributed by atoms with Crippen molar-refractivity contribution < 1.29 is 13.7 Å². The molecule has 0 saturated heterocycles. The summed E-state index contributed by atoms with van der Waals surface area (Å²) in [6.07, 6.45) is 3.71. The third-order valence-corrected chi connectivity index (χ3v) is 10.2. The number of rotatable bonds is 3. The van der Waals surface area contributed by atoms with E-state index in [0.717, 1.165) is 76.1 Å². The van der Waals surface area contributed by atoms with Gasteiger partial charge in [-0.15, -0.1) is 0 Å². The summed E-state index contributed by atoms with van der Waals surface area (Å²) in [6.45, 7) is -0.296. The largest absolute Gasteiger partial charge is 0.337 e. The Labute approximate surface area is 285 Å². The summed E-state index contributed by atoms with van der Waals surface area (Å²) in [5.41, 5.74) is 9.19. The van der Waals surface area contributed by atoms with Gasteiger partial charge in [-0.3, -0.25) is 0 Å². The van der Waals surface area contributed by atoms with Crippen LogP contribution in [0.1, 0.15) is 50.9 Å². The highest BCUT2D eigenvalue weighted by Crippen LogP contribution is 2.53. The Morgan fingerprint density at radius 1 is 0.543 bits per heavy atom. The van der Waals surface area contributed by atoms with E-state index in [0.29, 0.717) is 5.69 Å². The smallest absolute Gasteiger partial charge is 0.252 e. The van der Waals surface area contributed by atoms with Crippen LogP contribution < -0.4 is 31.1 Å². The van der Waals surface area contributed by atoms with Crippen LogP contribution >= 0.6 is 0 Å². The van der Waals surface area contributed by atoms with E-state index in [2.05, 4.69) is 29.2 Å². The van der Waals surface area contributed by atoms with Crippen molar-refractivity contribution in [3.8, 4) is 0 Å². The van der Waals surface area contributed by atoms with Crippen LogP contribution in [0.3, 0.4) is 0 Å². The molecule has 46 heavy (non-hydrogen) atoms. The molecule has 2 unspecified atom stereocenters. The van der Waals surface area contributed by atoms with E-state index in [1.165, 1.54) is 0 Å². The van der Waals surface area contributed by atoms with Crippen LogP contribution in [0, 0.1) is 0 Å². The fraction of sp³-hybridized carbons (Fsp3) is 0.143. The molecule has 6 aromatic carbocycles. The van der Waals surface area contributed by atoms with E-state index in [4.69, 9.17) is 13.7 Å². The lowest BCUT2D eigenvalue weighted by atomic mass is 9.33. The maximum atomic E-state index is 9.05. The van der Waals surface area contributed by atoms with Crippen molar-refractivity contribution in [2.45, 2.75) is 37.6 Å². The Hall–Kier alpha value is -5.22. The molecule has 4 heteroatoms. The van der Waals surface area contributed by atoms with Gasteiger partial charge in [0.15, 0.2) is 0 Å². The molecule has 10 rings (SSSR count). The molecule has 0 N–H and O–H groups in total. The molecule has 0 amide bonds. The highest BCUT2D eigenvalue weighted by atomic mass is 15.2. The number of para-hydroxylation sites is 4. The van der Waals surface area contributed by atoms with Gasteiger partial charge in [0.25, 0.3) is 6.71 Å². The predicted molar refractivity (Wildman–Crippen MR) is 194 cm³/mol. The fourth-order valence-corrected chi connectivity index (χ4v) is 8.51. The van der Waals surface area contributed by atoms with Gasteiger partial charge < -0.3 is 14.7 Å². The number of benzene rings is 6. The zero-order chi connectivity index (χ0) is 38.9. The van der Waals surface area contributed by atoms with Crippen molar-refractivity contribution in [1.82, 2.24) is 0 Å². The Bertz CT molecular complexity index is 2620. The van der Waals surface area contributed by atoms with Crippen LogP contribution in [-0.2, 0) is 0 Å². The van der Waals surface area contributed by atoms with E-state index < -0.39 is 24.2 Å². The monoisotopic (exact) mass is 601 g/mol. The van der Waals surface area contributed by atoms with Crippen LogP contribution in [-0.4, -0.2) is 12.8 Å². The van der Waals surface area contributed by atoms with Gasteiger partial charge in [0.05, 0.1) is 13.7 Å². The molecule has 4 aliphatic rings. The van der Waals surface area contributed by atoms with Crippen molar-refractivity contribution in [1.29, 1.82) is 0 Å². The van der Waals surface area contributed by atoms with Gasteiger partial charge in [-0.25, -0.2) is 0 Å². The molecule has 3 aliphatic heterocycles. The molecule has 0 aromatic heterocycles. The van der Waals surface area contributed by atoms with E-state index in [9.17, 15) is 0 Å². The van der Waals surface area contributed by atoms with Gasteiger partial charge in [0.1, 0.15) is 0 Å². The zero-order valence-electron chi connectivity index (χ0n) is 35.0. The first kappa shape index (κ1) is 18.1. The van der Waals surface area contributed by atoms with Gasteiger partial charge in [-0.1, -0.05) is 97.6 Å². The Balaban J connectivity index is 1.28. The maximum absolute atomic E-state index is 9.05. The lowest BCUT2D eigenvalue weighted by Crippen LogP contribution is -2.61. The SMILES string of the molecule is [2H]c1c([2H])c([2H])c(N2c3ccccc3B3c4cc5c(cc4N(c4ccccc4)c4cccc2c43)N(c2c([2H])c([2H])c([2H])c([2H])c2[2H])C2CCCCC52)c([2H])c1[2H]. The lowest BCUT2D eigenvalue weighted by molar-refractivity contribution is 0.402. The molecule has 2 atom stereocenters. The second kappa shape index (κ2) is 10.2. The molecular formula is C42H34BN3. The predicted octanol–water partition coefficient (Wildman–Crippen LogP) is 8.95. The van der Waals surface area contributed by atoms with Crippen molar-refractivity contribution in [2.24, 2.45) is 0 Å². The summed E-state index contributed by atoms with van der Waals surface area (Å²) in [4.78, 5) is 6.05. The van der Waals surface area contributed by atoms with Gasteiger partial charge in [0.2, 0.25) is 0 Å². The molecular weight excluding hydrogens is 557 g/mol. The first-order valence-electron chi connectivity index (χ1n) is 21.0. The second-order valence-electron chi connectivity index (χ2n) is 12.5. The summed E-state index contributed by atoms with van der Waals surface area (Å²) in [7, 11) is 0. The third-order valence-electron chi connectivity index (χ3n) is 10.2. The molecule has 1 aliphatic carbocycles. The highest BCUT2D eigenvalue weighted by molar-refractivity contribution is 7.00. The zero-order valence-corrected chi connectivity index (χ0v) is 25.0. The lowest BCUT2D eigenvalue weighted by Gasteiger charge is -2.44. The Kier molecular flexibility index (Phi) is 3.99. The Morgan fingerprint density at radius 2 is 1.20 bits per heavy atom. The minimum atomic E-state index is -0.446. The maximum Gasteiger partial charge on any atom is 0.252 e. The number of nitrogens with zero attached hydrogens (tertiary/aromatic N) is 3. The van der Waals surface area contributed by atoms with Gasteiger partial charge in [-0.2, -0.15) is 0 Å². The van der Waals surface area contributed by atoms with Crippen LogP contribution in [0.15, 0.2) is 145 Å². The van der Waals surface area contributed by atoms with Gasteiger partial charge in [0, 0.05) is 57.5 Å². The van der Waals surface area contributed by atoms with Gasteiger partial charge in [-0.05, 0) is 95.4 Å². The van der Waals surface area contributed by atoms with E-state index in [-0.39, 0.29) is 66.3 Å². The van der Waals surface area contributed by atoms with Crippen LogP contribution in [0.2, 0.25) is 0 Å². The average molecular weight is 602 g/mol. The number of hydrogen-bond donors (Lipinski definition) is 0. The Morgan fingerprint density at radius 3 is 1.98 bits per heavy atom. The number of fused-ring (bicyclic) bond motifs is 7. The van der Waals surface area contributed by atoms with E-state index in [1.807, 2.05) is 70.5 Å². The molecule has 0 radical (unpaired) electrons. The summed E-state index contributed by atoms with van der Waals surface area (Å²) in [6, 6.07) is 24.8. The molecule has 6 aromatic rings. The van der Waals surface area contributed by atoms with E-state index >= 15 is 0 Å². The highest BCUT2D eigenvalue weighted by Gasteiger charge is 2.46. The van der Waals surface area contributed by atoms with Gasteiger partial charge >= 0.3 is 0 Å². The van der Waals surface area contributed by atoms with Crippen LogP contribution in [0.4, 0.5) is 45.5 Å². The first-order chi connectivity index (χ1) is 27.0. The summed E-state index contributed by atoms with van der Waals surface area (Å²) >= 11 is 0. The van der Waals surface area contributed by atoms with Crippen LogP contribution in [0.5, 0.6) is 0 Å². The molecule has 220 valence electrons. The van der Waals surface area contributed by atoms with Crippen molar-refractivity contribution in [3.05, 3.63) is 151 Å². The fourth-order valence-electron chi connectivity index (χ4n) is 8.51. The third kappa shape index (κ3) is 3.67. The quantitative estimate of drug-likeness (QED) is 0.187. The molecule has 1 fully saturated rings. The molecule has 1 saturated carbocycles. The van der Waals surface area contributed by atoms with Crippen molar-refractivity contribution >= 4 is 68.6 Å². The minimum Gasteiger partial charge on any atom is -0.337 e. The summed E-state index contributed by atoms with van der Waals surface area (Å²) in [5, 5.41) is 0. The number of anilines is 8. The summed E-state index contributed by atoms with van der Waals surface area (Å²) < 4.78 is 87.1. The normalized spacial score (nSPS) is 21.8. The minimum absolute atomic E-state index is 0.0742. The number of hydrogen-bond acceptors (Lipinski definition) is 3. The molecule has 3 heterocycles. The molecule has 0 spiro atoms.